The van der Waals surface area contributed by atoms with Crippen LogP contribution in [-0.2, 0) is 23.7 Å². The van der Waals surface area contributed by atoms with E-state index in [0.717, 1.165) is 48.4 Å². The van der Waals surface area contributed by atoms with Gasteiger partial charge in [-0.2, -0.15) is 5.10 Å². The Morgan fingerprint density at radius 3 is 2.77 bits per heavy atom. The molecule has 2 aromatic rings. The van der Waals surface area contributed by atoms with Crippen molar-refractivity contribution in [2.45, 2.75) is 44.4 Å². The molecule has 0 saturated heterocycles. The van der Waals surface area contributed by atoms with E-state index in [9.17, 15) is 4.79 Å². The molecule has 0 bridgehead atoms. The molecule has 1 saturated carbocycles. The summed E-state index contributed by atoms with van der Waals surface area (Å²) in [5.74, 6) is 1.77. The standard InChI is InChI=1S/C19H26N4O2S/c1-13-6-7-14(12-15(13)25-3)19(9-4-5-10-19)17(24)20-11-8-16-21-22-18(26)23(16)2/h6-7,12H,4-5,8-11H2,1-3H3,(H,20,24)(H,22,26). The molecule has 26 heavy (non-hydrogen) atoms. The molecule has 1 aromatic carbocycles. The van der Waals surface area contributed by atoms with E-state index in [0.29, 0.717) is 17.7 Å². The number of aromatic amines is 1. The SMILES string of the molecule is COc1cc(C2(C(=O)NCCc3n[nH]c(=S)n3C)CCCC2)ccc1C. The molecule has 0 radical (unpaired) electrons. The number of nitrogens with one attached hydrogen (secondary N) is 2. The Morgan fingerprint density at radius 1 is 1.42 bits per heavy atom. The van der Waals surface area contributed by atoms with Gasteiger partial charge < -0.3 is 14.6 Å². The van der Waals surface area contributed by atoms with Crippen molar-refractivity contribution in [3.63, 3.8) is 0 Å². The molecule has 1 fully saturated rings. The average molecular weight is 375 g/mol. The number of aromatic nitrogens is 3. The van der Waals surface area contributed by atoms with E-state index in [1.54, 1.807) is 7.11 Å². The Labute approximate surface area is 159 Å². The van der Waals surface area contributed by atoms with E-state index in [1.807, 2.05) is 30.7 Å². The Kier molecular flexibility index (Phi) is 5.46. The maximum absolute atomic E-state index is 13.1. The number of hydrogen-bond acceptors (Lipinski definition) is 4. The van der Waals surface area contributed by atoms with Crippen molar-refractivity contribution in [2.24, 2.45) is 7.05 Å². The maximum Gasteiger partial charge on any atom is 0.230 e. The monoisotopic (exact) mass is 374 g/mol. The fraction of sp³-hybridized carbons (Fsp3) is 0.526. The molecular weight excluding hydrogens is 348 g/mol. The van der Waals surface area contributed by atoms with Crippen LogP contribution in [0.4, 0.5) is 0 Å². The third-order valence-corrected chi connectivity index (χ3v) is 5.82. The average Bonchev–Trinajstić information content (AvgIpc) is 3.25. The largest absolute Gasteiger partial charge is 0.496 e. The number of H-pyrrole nitrogens is 1. The number of benzene rings is 1. The van der Waals surface area contributed by atoms with Gasteiger partial charge in [0.15, 0.2) is 4.77 Å². The Morgan fingerprint density at radius 2 is 2.15 bits per heavy atom. The first kappa shape index (κ1) is 18.6. The summed E-state index contributed by atoms with van der Waals surface area (Å²) < 4.78 is 7.89. The quantitative estimate of drug-likeness (QED) is 0.763. The third-order valence-electron chi connectivity index (χ3n) is 5.46. The maximum atomic E-state index is 13.1. The number of aryl methyl sites for hydroxylation is 1. The molecule has 0 unspecified atom stereocenters. The summed E-state index contributed by atoms with van der Waals surface area (Å²) >= 11 is 5.12. The highest BCUT2D eigenvalue weighted by Gasteiger charge is 2.42. The molecule has 0 atom stereocenters. The van der Waals surface area contributed by atoms with Gasteiger partial charge in [0.25, 0.3) is 0 Å². The van der Waals surface area contributed by atoms with Gasteiger partial charge in [0.2, 0.25) is 5.91 Å². The summed E-state index contributed by atoms with van der Waals surface area (Å²) in [6, 6.07) is 6.13. The summed E-state index contributed by atoms with van der Waals surface area (Å²) in [5, 5.41) is 10.1. The number of rotatable bonds is 6. The molecule has 0 aliphatic heterocycles. The Hall–Kier alpha value is -2.15. The number of nitrogens with zero attached hydrogens (tertiary/aromatic N) is 2. The molecule has 0 spiro atoms. The molecule has 1 aliphatic rings. The predicted octanol–water partition coefficient (Wildman–Crippen LogP) is 2.97. The van der Waals surface area contributed by atoms with E-state index in [-0.39, 0.29) is 5.91 Å². The van der Waals surface area contributed by atoms with Crippen LogP contribution in [-0.4, -0.2) is 34.3 Å². The van der Waals surface area contributed by atoms with Gasteiger partial charge in [-0.3, -0.25) is 9.89 Å². The number of hydrogen-bond donors (Lipinski definition) is 2. The number of carbonyl (C=O) groups is 1. The number of methoxy groups -OCH3 is 1. The first-order valence-corrected chi connectivity index (χ1v) is 9.42. The summed E-state index contributed by atoms with van der Waals surface area (Å²) in [6.07, 6.45) is 4.52. The van der Waals surface area contributed by atoms with Crippen molar-refractivity contribution in [3.8, 4) is 5.75 Å². The number of ether oxygens (including phenoxy) is 1. The molecule has 1 heterocycles. The van der Waals surface area contributed by atoms with Gasteiger partial charge in [0, 0.05) is 20.0 Å². The van der Waals surface area contributed by atoms with Crippen LogP contribution in [0.25, 0.3) is 0 Å². The molecule has 1 aliphatic carbocycles. The second-order valence-corrected chi connectivity index (χ2v) is 7.37. The van der Waals surface area contributed by atoms with Gasteiger partial charge in [-0.1, -0.05) is 25.0 Å². The van der Waals surface area contributed by atoms with Gasteiger partial charge in [0.1, 0.15) is 11.6 Å². The minimum atomic E-state index is -0.460. The fourth-order valence-electron chi connectivity index (χ4n) is 3.80. The summed E-state index contributed by atoms with van der Waals surface area (Å²) in [7, 11) is 3.55. The molecule has 6 nitrogen and oxygen atoms in total. The molecule has 3 rings (SSSR count). The summed E-state index contributed by atoms with van der Waals surface area (Å²) in [5.41, 5.74) is 1.67. The van der Waals surface area contributed by atoms with Crippen molar-refractivity contribution in [1.82, 2.24) is 20.1 Å². The van der Waals surface area contributed by atoms with Crippen molar-refractivity contribution >= 4 is 18.1 Å². The van der Waals surface area contributed by atoms with E-state index in [4.69, 9.17) is 17.0 Å². The van der Waals surface area contributed by atoms with Gasteiger partial charge in [-0.15, -0.1) is 0 Å². The van der Waals surface area contributed by atoms with Crippen LogP contribution in [0, 0.1) is 11.7 Å². The second-order valence-electron chi connectivity index (χ2n) is 6.98. The fourth-order valence-corrected chi connectivity index (χ4v) is 3.95. The van der Waals surface area contributed by atoms with Crippen LogP contribution in [0.1, 0.15) is 42.6 Å². The minimum absolute atomic E-state index is 0.0951. The van der Waals surface area contributed by atoms with E-state index in [2.05, 4.69) is 21.6 Å². The third kappa shape index (κ3) is 3.40. The first-order valence-electron chi connectivity index (χ1n) is 9.01. The molecule has 1 aromatic heterocycles. The highest BCUT2D eigenvalue weighted by Crippen LogP contribution is 2.42. The molecular formula is C19H26N4O2S. The lowest BCUT2D eigenvalue weighted by molar-refractivity contribution is -0.126. The van der Waals surface area contributed by atoms with Gasteiger partial charge >= 0.3 is 0 Å². The minimum Gasteiger partial charge on any atom is -0.496 e. The number of carbonyl (C=O) groups excluding carboxylic acids is 1. The topological polar surface area (TPSA) is 71.9 Å². The molecule has 140 valence electrons. The van der Waals surface area contributed by atoms with E-state index < -0.39 is 5.41 Å². The lowest BCUT2D eigenvalue weighted by Crippen LogP contribution is -2.43. The van der Waals surface area contributed by atoms with E-state index >= 15 is 0 Å². The predicted molar refractivity (Wildman–Crippen MR) is 103 cm³/mol. The van der Waals surface area contributed by atoms with Gasteiger partial charge in [-0.05, 0) is 49.2 Å². The first-order chi connectivity index (χ1) is 12.5. The van der Waals surface area contributed by atoms with Crippen LogP contribution in [0.3, 0.4) is 0 Å². The second kappa shape index (κ2) is 7.61. The lowest BCUT2D eigenvalue weighted by Gasteiger charge is -2.29. The molecule has 1 amide bonds. The Bertz CT molecular complexity index is 849. The van der Waals surface area contributed by atoms with Crippen molar-refractivity contribution in [1.29, 1.82) is 0 Å². The van der Waals surface area contributed by atoms with Crippen LogP contribution >= 0.6 is 12.2 Å². The summed E-state index contributed by atoms with van der Waals surface area (Å²) in [6.45, 7) is 2.55. The summed E-state index contributed by atoms with van der Waals surface area (Å²) in [4.78, 5) is 13.1. The Balaban J connectivity index is 1.75. The van der Waals surface area contributed by atoms with E-state index in [1.165, 1.54) is 0 Å². The van der Waals surface area contributed by atoms with Crippen molar-refractivity contribution < 1.29 is 9.53 Å². The van der Waals surface area contributed by atoms with Crippen LogP contribution in [0.5, 0.6) is 5.75 Å². The van der Waals surface area contributed by atoms with Gasteiger partial charge in [-0.25, -0.2) is 0 Å². The number of amides is 1. The lowest BCUT2D eigenvalue weighted by atomic mass is 9.77. The highest BCUT2D eigenvalue weighted by molar-refractivity contribution is 7.71. The van der Waals surface area contributed by atoms with Crippen LogP contribution in [0.15, 0.2) is 18.2 Å². The molecule has 7 heteroatoms. The zero-order chi connectivity index (χ0) is 18.7. The van der Waals surface area contributed by atoms with Gasteiger partial charge in [0.05, 0.1) is 12.5 Å². The highest BCUT2D eigenvalue weighted by atomic mass is 32.1. The zero-order valence-corrected chi connectivity index (χ0v) is 16.4. The van der Waals surface area contributed by atoms with Crippen LogP contribution in [0.2, 0.25) is 0 Å². The van der Waals surface area contributed by atoms with Crippen molar-refractivity contribution in [3.05, 3.63) is 39.9 Å². The smallest absolute Gasteiger partial charge is 0.230 e. The van der Waals surface area contributed by atoms with Crippen molar-refractivity contribution in [2.75, 3.05) is 13.7 Å². The normalized spacial score (nSPS) is 15.8. The zero-order valence-electron chi connectivity index (χ0n) is 15.6. The molecule has 2 N–H and O–H groups in total. The van der Waals surface area contributed by atoms with Crippen LogP contribution < -0.4 is 10.1 Å².